The van der Waals surface area contributed by atoms with Gasteiger partial charge in [0.25, 0.3) is 0 Å². The number of likely N-dealkylation sites (N-methyl/N-ethyl adjacent to an activating group) is 1. The van der Waals surface area contributed by atoms with E-state index in [1.165, 1.54) is 25.8 Å². The van der Waals surface area contributed by atoms with Gasteiger partial charge in [0.1, 0.15) is 0 Å². The van der Waals surface area contributed by atoms with Crippen molar-refractivity contribution in [3.8, 4) is 0 Å². The van der Waals surface area contributed by atoms with Crippen molar-refractivity contribution in [2.24, 2.45) is 5.92 Å². The zero-order valence-electron chi connectivity index (χ0n) is 9.34. The summed E-state index contributed by atoms with van der Waals surface area (Å²) in [5.74, 6) is 0.996. The predicted molar refractivity (Wildman–Crippen MR) is 58.0 cm³/mol. The smallest absolute Gasteiger partial charge is 0.0107 e. The Hall–Kier alpha value is -0.0800. The van der Waals surface area contributed by atoms with Crippen molar-refractivity contribution in [2.45, 2.75) is 39.2 Å². The lowest BCUT2D eigenvalue weighted by Gasteiger charge is -2.24. The summed E-state index contributed by atoms with van der Waals surface area (Å²) in [6.45, 7) is 8.06. The Morgan fingerprint density at radius 3 is 2.62 bits per heavy atom. The molecular formula is C11H24N2. The van der Waals surface area contributed by atoms with Crippen molar-refractivity contribution in [3.63, 3.8) is 0 Å². The molecule has 0 saturated heterocycles. The summed E-state index contributed by atoms with van der Waals surface area (Å²) in [6, 6.07) is 0.795. The van der Waals surface area contributed by atoms with Crippen LogP contribution in [0.3, 0.4) is 0 Å². The Balaban J connectivity index is 1.99. The molecule has 2 heteroatoms. The molecule has 1 fully saturated rings. The number of hydrogen-bond acceptors (Lipinski definition) is 2. The fourth-order valence-electron chi connectivity index (χ4n) is 1.70. The van der Waals surface area contributed by atoms with Crippen LogP contribution in [-0.4, -0.2) is 37.6 Å². The van der Waals surface area contributed by atoms with E-state index in [2.05, 4.69) is 31.1 Å². The molecule has 1 aliphatic rings. The van der Waals surface area contributed by atoms with Crippen LogP contribution >= 0.6 is 0 Å². The maximum Gasteiger partial charge on any atom is 0.0107 e. The van der Waals surface area contributed by atoms with Gasteiger partial charge in [-0.05, 0) is 45.7 Å². The molecule has 1 unspecified atom stereocenters. The Morgan fingerprint density at radius 1 is 1.38 bits per heavy atom. The second-order valence-corrected chi connectivity index (χ2v) is 4.31. The second kappa shape index (κ2) is 5.61. The molecule has 0 amide bonds. The minimum atomic E-state index is 0.795. The van der Waals surface area contributed by atoms with Crippen LogP contribution in [0.5, 0.6) is 0 Å². The van der Waals surface area contributed by atoms with Gasteiger partial charge in [-0.3, -0.25) is 0 Å². The average Bonchev–Trinajstić information content (AvgIpc) is 2.94. The van der Waals surface area contributed by atoms with E-state index < -0.39 is 0 Å². The molecular weight excluding hydrogens is 160 g/mol. The van der Waals surface area contributed by atoms with Crippen molar-refractivity contribution in [1.82, 2.24) is 10.2 Å². The number of nitrogens with zero attached hydrogens (tertiary/aromatic N) is 1. The van der Waals surface area contributed by atoms with Gasteiger partial charge in [-0.1, -0.05) is 6.92 Å². The average molecular weight is 184 g/mol. The summed E-state index contributed by atoms with van der Waals surface area (Å²) >= 11 is 0. The van der Waals surface area contributed by atoms with Crippen LogP contribution < -0.4 is 5.32 Å². The fourth-order valence-corrected chi connectivity index (χ4v) is 1.70. The van der Waals surface area contributed by atoms with E-state index in [0.29, 0.717) is 0 Å². The van der Waals surface area contributed by atoms with Crippen LogP contribution in [0, 0.1) is 5.92 Å². The number of nitrogens with one attached hydrogen (secondary N) is 1. The zero-order valence-corrected chi connectivity index (χ0v) is 9.34. The molecule has 0 aliphatic heterocycles. The topological polar surface area (TPSA) is 15.3 Å². The summed E-state index contributed by atoms with van der Waals surface area (Å²) < 4.78 is 0. The van der Waals surface area contributed by atoms with E-state index >= 15 is 0 Å². The molecule has 2 nitrogen and oxygen atoms in total. The molecule has 0 heterocycles. The third-order valence-corrected chi connectivity index (χ3v) is 3.07. The summed E-state index contributed by atoms with van der Waals surface area (Å²) in [5.41, 5.74) is 0. The molecule has 0 aromatic heterocycles. The van der Waals surface area contributed by atoms with Crippen molar-refractivity contribution in [2.75, 3.05) is 26.7 Å². The van der Waals surface area contributed by atoms with Gasteiger partial charge in [0.15, 0.2) is 0 Å². The minimum absolute atomic E-state index is 0.795. The van der Waals surface area contributed by atoms with Crippen molar-refractivity contribution in [1.29, 1.82) is 0 Å². The first kappa shape index (κ1) is 11.0. The first-order valence-corrected chi connectivity index (χ1v) is 5.66. The van der Waals surface area contributed by atoms with Crippen molar-refractivity contribution in [3.05, 3.63) is 0 Å². The van der Waals surface area contributed by atoms with Gasteiger partial charge >= 0.3 is 0 Å². The third-order valence-electron chi connectivity index (χ3n) is 3.07. The lowest BCUT2D eigenvalue weighted by atomic mass is 10.2. The summed E-state index contributed by atoms with van der Waals surface area (Å²) in [5, 5.41) is 3.44. The highest BCUT2D eigenvalue weighted by Crippen LogP contribution is 2.34. The predicted octanol–water partition coefficient (Wildman–Crippen LogP) is 1.72. The lowest BCUT2D eigenvalue weighted by molar-refractivity contribution is 0.235. The van der Waals surface area contributed by atoms with E-state index in [-0.39, 0.29) is 0 Å². The Morgan fingerprint density at radius 2 is 2.08 bits per heavy atom. The van der Waals surface area contributed by atoms with Crippen LogP contribution in [0.15, 0.2) is 0 Å². The van der Waals surface area contributed by atoms with Gasteiger partial charge in [0.05, 0.1) is 0 Å². The van der Waals surface area contributed by atoms with Crippen LogP contribution in [-0.2, 0) is 0 Å². The highest BCUT2D eigenvalue weighted by atomic mass is 15.1. The van der Waals surface area contributed by atoms with E-state index in [0.717, 1.165) is 25.0 Å². The van der Waals surface area contributed by atoms with E-state index in [1.54, 1.807) is 0 Å². The molecule has 1 atom stereocenters. The highest BCUT2D eigenvalue weighted by molar-refractivity contribution is 4.84. The Labute approximate surface area is 82.7 Å². The summed E-state index contributed by atoms with van der Waals surface area (Å²) in [4.78, 5) is 2.49. The lowest BCUT2D eigenvalue weighted by Crippen LogP contribution is -2.36. The normalized spacial score (nSPS) is 19.4. The summed E-state index contributed by atoms with van der Waals surface area (Å²) in [6.07, 6.45) is 4.14. The maximum atomic E-state index is 3.44. The zero-order chi connectivity index (χ0) is 9.68. The molecule has 0 aromatic rings. The quantitative estimate of drug-likeness (QED) is 0.606. The highest BCUT2D eigenvalue weighted by Gasteiger charge is 2.29. The van der Waals surface area contributed by atoms with Gasteiger partial charge in [0, 0.05) is 19.1 Å². The van der Waals surface area contributed by atoms with E-state index in [4.69, 9.17) is 0 Å². The van der Waals surface area contributed by atoms with Gasteiger partial charge in [-0.25, -0.2) is 0 Å². The first-order valence-electron chi connectivity index (χ1n) is 5.66. The minimum Gasteiger partial charge on any atom is -0.315 e. The molecule has 0 aromatic carbocycles. The van der Waals surface area contributed by atoms with E-state index in [9.17, 15) is 0 Å². The SMILES string of the molecule is CCCNCCN(C)C(C)C1CC1. The van der Waals surface area contributed by atoms with Crippen LogP contribution in [0.4, 0.5) is 0 Å². The largest absolute Gasteiger partial charge is 0.315 e. The molecule has 1 aliphatic carbocycles. The molecule has 1 saturated carbocycles. The standard InChI is InChI=1S/C11H24N2/c1-4-7-12-8-9-13(3)10(2)11-5-6-11/h10-12H,4-9H2,1-3H3. The second-order valence-electron chi connectivity index (χ2n) is 4.31. The maximum absolute atomic E-state index is 3.44. The van der Waals surface area contributed by atoms with Gasteiger partial charge < -0.3 is 10.2 Å². The molecule has 1 rings (SSSR count). The van der Waals surface area contributed by atoms with E-state index in [1.807, 2.05) is 0 Å². The van der Waals surface area contributed by atoms with Gasteiger partial charge in [-0.15, -0.1) is 0 Å². The third kappa shape index (κ3) is 4.10. The molecule has 0 bridgehead atoms. The first-order chi connectivity index (χ1) is 6.25. The molecule has 13 heavy (non-hydrogen) atoms. The van der Waals surface area contributed by atoms with Gasteiger partial charge in [-0.2, -0.15) is 0 Å². The monoisotopic (exact) mass is 184 g/mol. The number of rotatable bonds is 7. The number of hydrogen-bond donors (Lipinski definition) is 1. The Kier molecular flexibility index (Phi) is 4.74. The van der Waals surface area contributed by atoms with Crippen molar-refractivity contribution < 1.29 is 0 Å². The molecule has 1 N–H and O–H groups in total. The van der Waals surface area contributed by atoms with Gasteiger partial charge in [0.2, 0.25) is 0 Å². The molecule has 78 valence electrons. The molecule has 0 radical (unpaired) electrons. The Bertz CT molecular complexity index is 132. The van der Waals surface area contributed by atoms with Crippen LogP contribution in [0.25, 0.3) is 0 Å². The summed E-state index contributed by atoms with van der Waals surface area (Å²) in [7, 11) is 2.25. The van der Waals surface area contributed by atoms with Crippen molar-refractivity contribution >= 4 is 0 Å². The molecule has 0 spiro atoms. The fraction of sp³-hybridized carbons (Fsp3) is 1.00. The van der Waals surface area contributed by atoms with Crippen LogP contribution in [0.2, 0.25) is 0 Å². The van der Waals surface area contributed by atoms with Crippen LogP contribution in [0.1, 0.15) is 33.1 Å².